The predicted molar refractivity (Wildman–Crippen MR) is 69.0 cm³/mol. The molecule has 0 atom stereocenters. The fraction of sp³-hybridized carbons (Fsp3) is 0.429. The van der Waals surface area contributed by atoms with Crippen LogP contribution in [0.5, 0.6) is 5.75 Å². The fourth-order valence-electron chi connectivity index (χ4n) is 1.55. The van der Waals surface area contributed by atoms with Crippen LogP contribution < -0.4 is 10.1 Å². The lowest BCUT2D eigenvalue weighted by Gasteiger charge is -2.10. The van der Waals surface area contributed by atoms with E-state index in [4.69, 9.17) is 4.74 Å². The van der Waals surface area contributed by atoms with Crippen molar-refractivity contribution in [2.45, 2.75) is 19.3 Å². The number of unbranched alkanes of at least 4 members (excludes halogenated alkanes) is 1. The van der Waals surface area contributed by atoms with E-state index in [1.807, 2.05) is 31.3 Å². The van der Waals surface area contributed by atoms with Gasteiger partial charge in [0.2, 0.25) is 0 Å². The Morgan fingerprint density at radius 3 is 2.88 bits per heavy atom. The van der Waals surface area contributed by atoms with E-state index >= 15 is 0 Å². The lowest BCUT2D eigenvalue weighted by Crippen LogP contribution is -2.09. The average molecular weight is 219 g/mol. The predicted octanol–water partition coefficient (Wildman–Crippen LogP) is 2.79. The fourth-order valence-corrected chi connectivity index (χ4v) is 1.55. The first-order valence-corrected chi connectivity index (χ1v) is 5.84. The summed E-state index contributed by atoms with van der Waals surface area (Å²) < 4.78 is 5.76. The van der Waals surface area contributed by atoms with Gasteiger partial charge in [-0.2, -0.15) is 0 Å². The molecule has 88 valence electrons. The maximum Gasteiger partial charge on any atom is 0.122 e. The third kappa shape index (κ3) is 4.49. The molecule has 2 heteroatoms. The zero-order valence-corrected chi connectivity index (χ0v) is 10.0. The molecule has 1 N–H and O–H groups in total. The van der Waals surface area contributed by atoms with Crippen LogP contribution >= 0.6 is 0 Å². The Hall–Kier alpha value is -1.28. The van der Waals surface area contributed by atoms with Crippen LogP contribution in [0.2, 0.25) is 0 Å². The van der Waals surface area contributed by atoms with Crippen LogP contribution in [0.15, 0.2) is 36.9 Å². The molecule has 2 nitrogen and oxygen atoms in total. The van der Waals surface area contributed by atoms with E-state index < -0.39 is 0 Å². The Labute approximate surface area is 98.3 Å². The van der Waals surface area contributed by atoms with Gasteiger partial charge >= 0.3 is 0 Å². The van der Waals surface area contributed by atoms with Crippen molar-refractivity contribution in [2.24, 2.45) is 0 Å². The number of nitrogens with one attached hydrogen (secondary N) is 1. The largest absolute Gasteiger partial charge is 0.493 e. The van der Waals surface area contributed by atoms with E-state index in [0.29, 0.717) is 0 Å². The average Bonchev–Trinajstić information content (AvgIpc) is 2.31. The van der Waals surface area contributed by atoms with Crippen LogP contribution in [0.4, 0.5) is 0 Å². The molecule has 1 aromatic rings. The Kier molecular flexibility index (Phi) is 6.35. The Morgan fingerprint density at radius 1 is 1.31 bits per heavy atom. The molecule has 1 aromatic carbocycles. The molecule has 0 fully saturated rings. The van der Waals surface area contributed by atoms with E-state index in [0.717, 1.165) is 38.2 Å². The van der Waals surface area contributed by atoms with Crippen molar-refractivity contribution in [1.29, 1.82) is 0 Å². The number of hydrogen-bond donors (Lipinski definition) is 1. The van der Waals surface area contributed by atoms with Crippen molar-refractivity contribution in [3.63, 3.8) is 0 Å². The number of rotatable bonds is 8. The molecular formula is C14H21NO. The van der Waals surface area contributed by atoms with E-state index in [2.05, 4.69) is 18.0 Å². The SMILES string of the molecule is C=CCc1ccccc1OCCCCNC. The molecule has 0 bridgehead atoms. The van der Waals surface area contributed by atoms with Crippen LogP contribution in [0.3, 0.4) is 0 Å². The smallest absolute Gasteiger partial charge is 0.122 e. The highest BCUT2D eigenvalue weighted by atomic mass is 16.5. The van der Waals surface area contributed by atoms with Crippen molar-refractivity contribution in [3.8, 4) is 5.75 Å². The highest BCUT2D eigenvalue weighted by molar-refractivity contribution is 5.34. The Morgan fingerprint density at radius 2 is 2.12 bits per heavy atom. The summed E-state index contributed by atoms with van der Waals surface area (Å²) in [5, 5.41) is 3.13. The minimum Gasteiger partial charge on any atom is -0.493 e. The van der Waals surface area contributed by atoms with Gasteiger partial charge in [-0.25, -0.2) is 0 Å². The molecule has 0 saturated carbocycles. The minimum absolute atomic E-state index is 0.788. The number of benzene rings is 1. The van der Waals surface area contributed by atoms with Gasteiger partial charge in [-0.3, -0.25) is 0 Å². The summed E-state index contributed by atoms with van der Waals surface area (Å²) in [6, 6.07) is 8.16. The Balaban J connectivity index is 2.37. The van der Waals surface area contributed by atoms with E-state index in [1.165, 1.54) is 5.56 Å². The monoisotopic (exact) mass is 219 g/mol. The Bertz CT molecular complexity index is 309. The molecule has 0 aromatic heterocycles. The highest BCUT2D eigenvalue weighted by Crippen LogP contribution is 2.18. The maximum absolute atomic E-state index is 5.76. The molecule has 0 saturated heterocycles. The quantitative estimate of drug-likeness (QED) is 0.536. The second kappa shape index (κ2) is 7.94. The number of ether oxygens (including phenoxy) is 1. The van der Waals surface area contributed by atoms with Crippen molar-refractivity contribution in [1.82, 2.24) is 5.32 Å². The highest BCUT2D eigenvalue weighted by Gasteiger charge is 2.00. The van der Waals surface area contributed by atoms with Crippen LogP contribution in [0.25, 0.3) is 0 Å². The van der Waals surface area contributed by atoms with Crippen LogP contribution in [-0.2, 0) is 6.42 Å². The second-order valence-electron chi connectivity index (χ2n) is 3.76. The van der Waals surface area contributed by atoms with E-state index in [1.54, 1.807) is 0 Å². The summed E-state index contributed by atoms with van der Waals surface area (Å²) in [7, 11) is 1.97. The van der Waals surface area contributed by atoms with Gasteiger partial charge in [0, 0.05) is 0 Å². The molecule has 0 amide bonds. The van der Waals surface area contributed by atoms with Crippen LogP contribution in [0, 0.1) is 0 Å². The minimum atomic E-state index is 0.788. The zero-order valence-electron chi connectivity index (χ0n) is 10.0. The topological polar surface area (TPSA) is 21.3 Å². The molecule has 16 heavy (non-hydrogen) atoms. The van der Waals surface area contributed by atoms with Crippen molar-refractivity contribution in [2.75, 3.05) is 20.2 Å². The molecule has 0 unspecified atom stereocenters. The lowest BCUT2D eigenvalue weighted by atomic mass is 10.1. The molecule has 0 spiro atoms. The van der Waals surface area contributed by atoms with Gasteiger partial charge in [0.15, 0.2) is 0 Å². The van der Waals surface area contributed by atoms with Gasteiger partial charge < -0.3 is 10.1 Å². The second-order valence-corrected chi connectivity index (χ2v) is 3.76. The summed E-state index contributed by atoms with van der Waals surface area (Å²) in [6.07, 6.45) is 5.01. The molecule has 0 aliphatic rings. The van der Waals surface area contributed by atoms with Crippen LogP contribution in [0.1, 0.15) is 18.4 Å². The zero-order chi connectivity index (χ0) is 11.6. The first kappa shape index (κ1) is 12.8. The van der Waals surface area contributed by atoms with Gasteiger partial charge in [-0.05, 0) is 44.5 Å². The third-order valence-corrected chi connectivity index (χ3v) is 2.42. The normalized spacial score (nSPS) is 10.1. The standard InChI is InChI=1S/C14H21NO/c1-3-8-13-9-4-5-10-14(13)16-12-7-6-11-15-2/h3-5,9-10,15H,1,6-8,11-12H2,2H3. The first-order valence-electron chi connectivity index (χ1n) is 5.84. The molecule has 0 radical (unpaired) electrons. The summed E-state index contributed by atoms with van der Waals surface area (Å²) >= 11 is 0. The molecule has 0 heterocycles. The summed E-state index contributed by atoms with van der Waals surface area (Å²) in [4.78, 5) is 0. The van der Waals surface area contributed by atoms with Crippen molar-refractivity contribution >= 4 is 0 Å². The van der Waals surface area contributed by atoms with Crippen molar-refractivity contribution < 1.29 is 4.74 Å². The molecule has 0 aliphatic heterocycles. The van der Waals surface area contributed by atoms with Crippen LogP contribution in [-0.4, -0.2) is 20.2 Å². The summed E-state index contributed by atoms with van der Waals surface area (Å²) in [6.45, 7) is 5.59. The number of hydrogen-bond acceptors (Lipinski definition) is 2. The molecule has 1 rings (SSSR count). The van der Waals surface area contributed by atoms with Gasteiger partial charge in [0.05, 0.1) is 6.61 Å². The molecular weight excluding hydrogens is 198 g/mol. The third-order valence-electron chi connectivity index (χ3n) is 2.42. The van der Waals surface area contributed by atoms with Gasteiger partial charge in [-0.15, -0.1) is 6.58 Å². The number of para-hydroxylation sites is 1. The van der Waals surface area contributed by atoms with Gasteiger partial charge in [-0.1, -0.05) is 24.3 Å². The number of allylic oxidation sites excluding steroid dienone is 1. The summed E-state index contributed by atoms with van der Waals surface area (Å²) in [5.74, 6) is 0.992. The molecule has 0 aliphatic carbocycles. The van der Waals surface area contributed by atoms with Crippen molar-refractivity contribution in [3.05, 3.63) is 42.5 Å². The summed E-state index contributed by atoms with van der Waals surface area (Å²) in [5.41, 5.74) is 1.21. The van der Waals surface area contributed by atoms with Gasteiger partial charge in [0.1, 0.15) is 5.75 Å². The lowest BCUT2D eigenvalue weighted by molar-refractivity contribution is 0.304. The maximum atomic E-state index is 5.76. The van der Waals surface area contributed by atoms with E-state index in [9.17, 15) is 0 Å². The first-order chi connectivity index (χ1) is 7.88. The van der Waals surface area contributed by atoms with Gasteiger partial charge in [0.25, 0.3) is 0 Å². The van der Waals surface area contributed by atoms with E-state index in [-0.39, 0.29) is 0 Å².